The van der Waals surface area contributed by atoms with Crippen LogP contribution in [0.4, 0.5) is 5.82 Å². The summed E-state index contributed by atoms with van der Waals surface area (Å²) in [7, 11) is 3.72. The van der Waals surface area contributed by atoms with Crippen LogP contribution in [0.5, 0.6) is 0 Å². The number of ketones is 1. The minimum absolute atomic E-state index is 0.0268. The molecular weight excluding hydrogens is 726 g/mol. The smallest absolute Gasteiger partial charge is 0.316 e. The van der Waals surface area contributed by atoms with Gasteiger partial charge >= 0.3 is 5.97 Å². The van der Waals surface area contributed by atoms with Crippen molar-refractivity contribution < 1.29 is 53.1 Å². The lowest BCUT2D eigenvalue weighted by molar-refractivity contribution is -0.296. The number of fused-ring (bicyclic) bond motifs is 5. The number of anilines is 1. The standard InChI is InChI=1S/C40H63N5O11/c1-12-30-40(9,50)36-23(4)32(42-26(7)46)21(2)17-39(8,52-19-28(18-51-36)44-53-20-27-14-13-15-31(41)43-27)35(24(5)33(47)25(6)37(49)55-30)56-38-34(48)29(45(10)11)16-22(3)54-38/h13-15,21-25,29-30,34-36,38,48,50H,12,16-20H2,1-11H3,(H2,41,43)/b42-32?,44-28+/t21-,22-,23+,24+,25-,29+,30-,34-,35-,36-,38+,39-,40-/m1/s1. The van der Waals surface area contributed by atoms with Crippen molar-refractivity contribution in [3.8, 4) is 0 Å². The van der Waals surface area contributed by atoms with Crippen LogP contribution in [0, 0.1) is 23.7 Å². The van der Waals surface area contributed by atoms with Crippen molar-refractivity contribution in [3.63, 3.8) is 0 Å². The zero-order chi connectivity index (χ0) is 41.7. The average Bonchev–Trinajstić information content (AvgIpc) is 3.14. The Balaban J connectivity index is 1.94. The quantitative estimate of drug-likeness (QED) is 0.206. The van der Waals surface area contributed by atoms with Crippen molar-refractivity contribution >= 4 is 34.9 Å². The number of nitrogen functional groups attached to an aromatic ring is 1. The number of amides is 1. The van der Waals surface area contributed by atoms with Crippen LogP contribution in [0.2, 0.25) is 0 Å². The van der Waals surface area contributed by atoms with E-state index in [1.165, 1.54) is 20.8 Å². The molecule has 4 rings (SSSR count). The topological polar surface area (TPSA) is 214 Å². The lowest BCUT2D eigenvalue weighted by Gasteiger charge is -2.47. The van der Waals surface area contributed by atoms with E-state index in [0.29, 0.717) is 23.6 Å². The second-order valence-corrected chi connectivity index (χ2v) is 16.4. The maximum atomic E-state index is 14.4. The molecule has 1 aromatic rings. The van der Waals surface area contributed by atoms with Crippen molar-refractivity contribution in [2.75, 3.05) is 33.0 Å². The molecule has 16 nitrogen and oxygen atoms in total. The molecule has 0 aliphatic carbocycles. The van der Waals surface area contributed by atoms with Gasteiger partial charge in [-0.25, -0.2) is 9.98 Å². The van der Waals surface area contributed by atoms with Gasteiger partial charge < -0.3 is 49.4 Å². The van der Waals surface area contributed by atoms with E-state index in [1.54, 1.807) is 45.9 Å². The first-order valence-corrected chi connectivity index (χ1v) is 19.6. The molecule has 56 heavy (non-hydrogen) atoms. The van der Waals surface area contributed by atoms with Crippen molar-refractivity contribution in [2.24, 2.45) is 33.8 Å². The van der Waals surface area contributed by atoms with E-state index in [-0.39, 0.29) is 50.5 Å². The lowest BCUT2D eigenvalue weighted by atomic mass is 9.73. The summed E-state index contributed by atoms with van der Waals surface area (Å²) < 4.78 is 32.3. The molecule has 4 N–H and O–H groups in total. The number of oxime groups is 1. The van der Waals surface area contributed by atoms with Gasteiger partial charge in [0.2, 0.25) is 5.91 Å². The second kappa shape index (κ2) is 18.9. The molecule has 0 unspecified atom stereocenters. The Morgan fingerprint density at radius 2 is 1.80 bits per heavy atom. The highest BCUT2D eigenvalue weighted by Gasteiger charge is 2.53. The zero-order valence-corrected chi connectivity index (χ0v) is 34.8. The van der Waals surface area contributed by atoms with Crippen molar-refractivity contribution in [1.82, 2.24) is 9.88 Å². The van der Waals surface area contributed by atoms with Crippen LogP contribution < -0.4 is 5.73 Å². The fourth-order valence-electron chi connectivity index (χ4n) is 8.37. The molecule has 0 radical (unpaired) electrons. The number of pyridine rings is 1. The molecule has 3 aliphatic heterocycles. The molecule has 3 aliphatic rings. The number of aliphatic imine (C=N–C) groups is 1. The monoisotopic (exact) mass is 789 g/mol. The normalized spacial score (nSPS) is 39.4. The number of hydrogen-bond donors (Lipinski definition) is 3. The predicted octanol–water partition coefficient (Wildman–Crippen LogP) is 3.10. The first kappa shape index (κ1) is 45.3. The summed E-state index contributed by atoms with van der Waals surface area (Å²) in [6.45, 7) is 14.6. The fourth-order valence-corrected chi connectivity index (χ4v) is 8.37. The summed E-state index contributed by atoms with van der Waals surface area (Å²) in [4.78, 5) is 57.4. The Labute approximate surface area is 330 Å². The maximum absolute atomic E-state index is 14.4. The third kappa shape index (κ3) is 10.6. The number of nitrogens with two attached hydrogens (primary N) is 1. The number of cyclic esters (lactones) is 1. The number of hydrogen-bond acceptors (Lipinski definition) is 15. The minimum atomic E-state index is -1.85. The number of carbonyl (C=O) groups excluding carboxylic acids is 3. The van der Waals surface area contributed by atoms with Gasteiger partial charge in [0, 0.05) is 30.5 Å². The molecule has 0 aromatic carbocycles. The number of aliphatic hydroxyl groups excluding tert-OH is 1. The molecule has 3 saturated heterocycles. The highest BCUT2D eigenvalue weighted by Crippen LogP contribution is 2.40. The van der Waals surface area contributed by atoms with Gasteiger partial charge in [-0.3, -0.25) is 14.4 Å². The van der Waals surface area contributed by atoms with E-state index in [9.17, 15) is 24.6 Å². The highest BCUT2D eigenvalue weighted by molar-refractivity contribution is 6.00. The van der Waals surface area contributed by atoms with Crippen LogP contribution in [0.15, 0.2) is 28.3 Å². The van der Waals surface area contributed by atoms with Gasteiger partial charge in [-0.05, 0) is 79.1 Å². The largest absolute Gasteiger partial charge is 0.459 e. The van der Waals surface area contributed by atoms with Gasteiger partial charge in [-0.15, -0.1) is 0 Å². The number of nitrogens with zero attached hydrogens (tertiary/aromatic N) is 4. The molecular formula is C40H63N5O11. The average molecular weight is 790 g/mol. The van der Waals surface area contributed by atoms with E-state index in [4.69, 9.17) is 34.3 Å². The van der Waals surface area contributed by atoms with Gasteiger partial charge in [-0.1, -0.05) is 38.9 Å². The number of Topliss-reactive ketones (excluding diaryl/α,β-unsaturated/α-hetero) is 1. The summed E-state index contributed by atoms with van der Waals surface area (Å²) in [5, 5.41) is 28.4. The maximum Gasteiger partial charge on any atom is 0.316 e. The molecule has 2 bridgehead atoms. The number of likely N-dealkylation sites (N-methyl/N-ethyl adjacent to an activating group) is 1. The van der Waals surface area contributed by atoms with E-state index in [0.717, 1.165) is 0 Å². The first-order chi connectivity index (χ1) is 26.2. The van der Waals surface area contributed by atoms with E-state index in [1.807, 2.05) is 32.8 Å². The number of ether oxygens (including phenoxy) is 5. The molecule has 3 fully saturated rings. The third-order valence-corrected chi connectivity index (χ3v) is 11.4. The summed E-state index contributed by atoms with van der Waals surface area (Å²) in [6.07, 6.45) is -5.13. The Bertz CT molecular complexity index is 1600. The van der Waals surface area contributed by atoms with Crippen molar-refractivity contribution in [1.29, 1.82) is 0 Å². The Hall–Kier alpha value is -3.38. The van der Waals surface area contributed by atoms with Gasteiger partial charge in [0.1, 0.15) is 35.3 Å². The van der Waals surface area contributed by atoms with Crippen LogP contribution in [0.1, 0.15) is 87.3 Å². The van der Waals surface area contributed by atoms with Crippen LogP contribution in [0.25, 0.3) is 0 Å². The van der Waals surface area contributed by atoms with Gasteiger partial charge in [-0.2, -0.15) is 0 Å². The van der Waals surface area contributed by atoms with Crippen LogP contribution in [-0.2, 0) is 49.5 Å². The molecule has 0 spiro atoms. The number of rotatable bonds is 7. The lowest BCUT2D eigenvalue weighted by Crippen LogP contribution is -2.60. The number of aromatic nitrogens is 1. The summed E-state index contributed by atoms with van der Waals surface area (Å²) in [5.41, 5.74) is 3.82. The van der Waals surface area contributed by atoms with Crippen molar-refractivity contribution in [2.45, 2.75) is 142 Å². The minimum Gasteiger partial charge on any atom is -0.459 e. The first-order valence-electron chi connectivity index (χ1n) is 19.6. The van der Waals surface area contributed by atoms with Gasteiger partial charge in [0.05, 0.1) is 42.8 Å². The molecule has 4 heterocycles. The zero-order valence-electron chi connectivity index (χ0n) is 34.8. The molecule has 13 atom stereocenters. The number of aliphatic hydroxyl groups is 2. The third-order valence-electron chi connectivity index (χ3n) is 11.4. The van der Waals surface area contributed by atoms with Crippen LogP contribution in [-0.4, -0.2) is 131 Å². The summed E-state index contributed by atoms with van der Waals surface area (Å²) in [6, 6.07) is 4.82. The predicted molar refractivity (Wildman–Crippen MR) is 207 cm³/mol. The second-order valence-electron chi connectivity index (χ2n) is 16.4. The van der Waals surface area contributed by atoms with Crippen molar-refractivity contribution in [3.05, 3.63) is 23.9 Å². The van der Waals surface area contributed by atoms with Gasteiger partial charge in [0.25, 0.3) is 0 Å². The molecule has 314 valence electrons. The highest BCUT2D eigenvalue weighted by atomic mass is 16.7. The summed E-state index contributed by atoms with van der Waals surface area (Å²) >= 11 is 0. The molecule has 1 aromatic heterocycles. The molecule has 16 heteroatoms. The number of carbonyl (C=O) groups is 3. The molecule has 0 saturated carbocycles. The van der Waals surface area contributed by atoms with Crippen LogP contribution >= 0.6 is 0 Å². The Morgan fingerprint density at radius 3 is 2.43 bits per heavy atom. The summed E-state index contributed by atoms with van der Waals surface area (Å²) in [5.74, 6) is -5.02. The van der Waals surface area contributed by atoms with E-state index >= 15 is 0 Å². The van der Waals surface area contributed by atoms with E-state index in [2.05, 4.69) is 15.1 Å². The fraction of sp³-hybridized carbons (Fsp3) is 0.750. The molecule has 1 amide bonds. The Kier molecular flexibility index (Phi) is 15.3. The number of esters is 1. The van der Waals surface area contributed by atoms with E-state index < -0.39 is 83.2 Å². The SMILES string of the molecule is CC[C@H]1OC(=O)[C@H](C)C(=O)[C@H](C)[C@@H](O[C@@H]2O[C@H](C)C[C@H](N(C)C)[C@H]2O)[C@@]2(C)C[C@@H](C)C(=NC(C)=O)[C@H](C)[C@@H](OC/C(=N\OCc3cccc(N)n3)CO2)[C@]1(C)O. The Morgan fingerprint density at radius 1 is 1.11 bits per heavy atom. The van der Waals surface area contributed by atoms with Gasteiger partial charge in [0.15, 0.2) is 18.7 Å². The van der Waals surface area contributed by atoms with Crippen LogP contribution in [0.3, 0.4) is 0 Å².